The third kappa shape index (κ3) is 3.64. The van der Waals surface area contributed by atoms with Crippen molar-refractivity contribution in [1.82, 2.24) is 29.9 Å². The second-order valence-corrected chi connectivity index (χ2v) is 7.52. The van der Waals surface area contributed by atoms with E-state index in [1.165, 1.54) is 28.6 Å². The van der Waals surface area contributed by atoms with Gasteiger partial charge >= 0.3 is 0 Å². The van der Waals surface area contributed by atoms with Crippen LogP contribution in [-0.4, -0.2) is 36.2 Å². The Kier molecular flexibility index (Phi) is 5.12. The van der Waals surface area contributed by atoms with Gasteiger partial charge in [0.25, 0.3) is 0 Å². The number of aromatic nitrogens is 5. The molecule has 1 aromatic carbocycles. The molecule has 1 atom stereocenters. The minimum atomic E-state index is -0.669. The molecular formula is C18H18F2N6OS. The van der Waals surface area contributed by atoms with E-state index in [1.807, 2.05) is 7.05 Å². The highest BCUT2D eigenvalue weighted by molar-refractivity contribution is 7.99. The zero-order chi connectivity index (χ0) is 19.7. The van der Waals surface area contributed by atoms with Gasteiger partial charge < -0.3 is 9.88 Å². The molecule has 28 heavy (non-hydrogen) atoms. The maximum absolute atomic E-state index is 14.2. The summed E-state index contributed by atoms with van der Waals surface area (Å²) in [7, 11) is 1.82. The first-order valence-corrected chi connectivity index (χ1v) is 9.80. The monoisotopic (exact) mass is 404 g/mol. The molecule has 0 unspecified atom stereocenters. The fraction of sp³-hybridized carbons (Fsp3) is 0.333. The molecule has 7 nitrogen and oxygen atoms in total. The van der Waals surface area contributed by atoms with Crippen LogP contribution in [0.3, 0.4) is 0 Å². The summed E-state index contributed by atoms with van der Waals surface area (Å²) in [4.78, 5) is 12.4. The highest BCUT2D eigenvalue weighted by Gasteiger charge is 2.27. The molecule has 1 amide bonds. The first-order valence-electron chi connectivity index (χ1n) is 8.81. The predicted molar refractivity (Wildman–Crippen MR) is 99.0 cm³/mol. The van der Waals surface area contributed by atoms with Gasteiger partial charge in [0.1, 0.15) is 17.8 Å². The van der Waals surface area contributed by atoms with E-state index < -0.39 is 11.6 Å². The fourth-order valence-electron chi connectivity index (χ4n) is 3.34. The summed E-state index contributed by atoms with van der Waals surface area (Å²) >= 11 is 1.31. The summed E-state index contributed by atoms with van der Waals surface area (Å²) in [5, 5.41) is 15.7. The molecule has 4 rings (SSSR count). The molecule has 1 aliphatic carbocycles. The Hall–Kier alpha value is -2.75. The lowest BCUT2D eigenvalue weighted by molar-refractivity contribution is -0.119. The zero-order valence-electron chi connectivity index (χ0n) is 15.1. The molecule has 0 spiro atoms. The number of hydrogen-bond acceptors (Lipinski definition) is 5. The quantitative estimate of drug-likeness (QED) is 0.662. The highest BCUT2D eigenvalue weighted by Crippen LogP contribution is 2.31. The van der Waals surface area contributed by atoms with Crippen molar-refractivity contribution in [2.24, 2.45) is 7.05 Å². The van der Waals surface area contributed by atoms with Crippen LogP contribution in [0.15, 0.2) is 35.9 Å². The van der Waals surface area contributed by atoms with Gasteiger partial charge in [-0.15, -0.1) is 10.2 Å². The average Bonchev–Trinajstić information content (AvgIpc) is 3.27. The Morgan fingerprint density at radius 2 is 2.25 bits per heavy atom. The Balaban J connectivity index is 1.49. The number of carbonyl (C=O) groups excluding carboxylic acids is 1. The van der Waals surface area contributed by atoms with Gasteiger partial charge in [-0.1, -0.05) is 11.8 Å². The molecule has 1 aliphatic rings. The van der Waals surface area contributed by atoms with Crippen LogP contribution in [0.2, 0.25) is 0 Å². The molecule has 3 aromatic rings. The predicted octanol–water partition coefficient (Wildman–Crippen LogP) is 2.56. The van der Waals surface area contributed by atoms with Crippen LogP contribution in [0, 0.1) is 11.6 Å². The molecule has 1 N–H and O–H groups in total. The minimum Gasteiger partial charge on any atom is -0.348 e. The number of benzene rings is 1. The van der Waals surface area contributed by atoms with Crippen molar-refractivity contribution in [3.63, 3.8) is 0 Å². The van der Waals surface area contributed by atoms with E-state index in [4.69, 9.17) is 0 Å². The van der Waals surface area contributed by atoms with Crippen molar-refractivity contribution in [1.29, 1.82) is 0 Å². The van der Waals surface area contributed by atoms with E-state index in [1.54, 1.807) is 17.1 Å². The molecule has 0 radical (unpaired) electrons. The molecule has 146 valence electrons. The van der Waals surface area contributed by atoms with Crippen molar-refractivity contribution in [2.45, 2.75) is 30.5 Å². The van der Waals surface area contributed by atoms with Crippen LogP contribution in [0.4, 0.5) is 8.78 Å². The van der Waals surface area contributed by atoms with Crippen LogP contribution in [-0.2, 0) is 18.3 Å². The summed E-state index contributed by atoms with van der Waals surface area (Å²) in [6.45, 7) is 0. The fourth-order valence-corrected chi connectivity index (χ4v) is 4.04. The number of fused-ring (bicyclic) bond motifs is 1. The highest BCUT2D eigenvalue weighted by atomic mass is 32.2. The summed E-state index contributed by atoms with van der Waals surface area (Å²) in [5.41, 5.74) is 1.91. The van der Waals surface area contributed by atoms with E-state index >= 15 is 0 Å². The summed E-state index contributed by atoms with van der Waals surface area (Å²) in [5.74, 6) is -1.20. The maximum Gasteiger partial charge on any atom is 0.230 e. The van der Waals surface area contributed by atoms with Crippen molar-refractivity contribution in [3.8, 4) is 5.69 Å². The number of thioether (sulfide) groups is 1. The van der Waals surface area contributed by atoms with Crippen molar-refractivity contribution >= 4 is 17.7 Å². The Morgan fingerprint density at radius 3 is 3.00 bits per heavy atom. The molecule has 0 aliphatic heterocycles. The number of aryl methyl sites for hydroxylation is 1. The maximum atomic E-state index is 14.2. The number of nitrogens with one attached hydrogen (secondary N) is 1. The van der Waals surface area contributed by atoms with Gasteiger partial charge in [-0.2, -0.15) is 5.10 Å². The first kappa shape index (κ1) is 18.6. The van der Waals surface area contributed by atoms with Gasteiger partial charge in [0.2, 0.25) is 5.91 Å². The number of rotatable bonds is 5. The van der Waals surface area contributed by atoms with E-state index in [-0.39, 0.29) is 23.4 Å². The van der Waals surface area contributed by atoms with E-state index in [2.05, 4.69) is 20.6 Å². The Labute approximate surface area is 164 Å². The van der Waals surface area contributed by atoms with Crippen LogP contribution in [0.5, 0.6) is 0 Å². The van der Waals surface area contributed by atoms with E-state index in [0.29, 0.717) is 11.6 Å². The molecular weight excluding hydrogens is 386 g/mol. The Morgan fingerprint density at radius 1 is 1.39 bits per heavy atom. The molecule has 0 saturated carbocycles. The number of hydrogen-bond donors (Lipinski definition) is 1. The molecule has 2 heterocycles. The van der Waals surface area contributed by atoms with Gasteiger partial charge in [0, 0.05) is 24.4 Å². The molecule has 0 fully saturated rings. The van der Waals surface area contributed by atoms with Gasteiger partial charge in [-0.05, 0) is 31.4 Å². The van der Waals surface area contributed by atoms with Crippen LogP contribution >= 0.6 is 11.8 Å². The SMILES string of the molecule is Cn1cnnc1SCC(=O)N[C@@H]1CCCc2c1cnn2-c1ccc(F)cc1F. The second-order valence-electron chi connectivity index (χ2n) is 6.58. The van der Waals surface area contributed by atoms with Gasteiger partial charge in [0.05, 0.1) is 18.0 Å². The number of amides is 1. The number of nitrogens with zero attached hydrogens (tertiary/aromatic N) is 5. The zero-order valence-corrected chi connectivity index (χ0v) is 15.9. The van der Waals surface area contributed by atoms with E-state index in [0.717, 1.165) is 30.2 Å². The van der Waals surface area contributed by atoms with E-state index in [9.17, 15) is 13.6 Å². The average molecular weight is 404 g/mol. The molecule has 10 heteroatoms. The molecule has 0 bridgehead atoms. The summed E-state index contributed by atoms with van der Waals surface area (Å²) in [6.07, 6.45) is 5.56. The minimum absolute atomic E-state index is 0.119. The lowest BCUT2D eigenvalue weighted by Crippen LogP contribution is -2.32. The molecule has 0 saturated heterocycles. The van der Waals surface area contributed by atoms with Gasteiger partial charge in [0.15, 0.2) is 11.0 Å². The summed E-state index contributed by atoms with van der Waals surface area (Å²) < 4.78 is 30.6. The van der Waals surface area contributed by atoms with Crippen molar-refractivity contribution < 1.29 is 13.6 Å². The van der Waals surface area contributed by atoms with Crippen molar-refractivity contribution in [3.05, 3.63) is 53.6 Å². The van der Waals surface area contributed by atoms with Gasteiger partial charge in [-0.25, -0.2) is 13.5 Å². The Bertz CT molecular complexity index is 1020. The smallest absolute Gasteiger partial charge is 0.230 e. The number of halogens is 2. The summed E-state index contributed by atoms with van der Waals surface area (Å²) in [6, 6.07) is 3.24. The standard InChI is InChI=1S/C18H18F2N6OS/c1-25-10-21-24-18(25)28-9-17(27)23-14-3-2-4-15-12(14)8-22-26(15)16-6-5-11(19)7-13(16)20/h5-8,10,14H,2-4,9H2,1H3,(H,23,27)/t14-/m1/s1. The van der Waals surface area contributed by atoms with Crippen LogP contribution in [0.25, 0.3) is 5.69 Å². The lowest BCUT2D eigenvalue weighted by Gasteiger charge is -2.24. The third-order valence-electron chi connectivity index (χ3n) is 4.66. The second kappa shape index (κ2) is 7.70. The normalized spacial score (nSPS) is 16.0. The topological polar surface area (TPSA) is 77.6 Å². The first-order chi connectivity index (χ1) is 13.5. The lowest BCUT2D eigenvalue weighted by atomic mass is 9.93. The third-order valence-corrected chi connectivity index (χ3v) is 5.69. The van der Waals surface area contributed by atoms with Crippen molar-refractivity contribution in [2.75, 3.05) is 5.75 Å². The largest absolute Gasteiger partial charge is 0.348 e. The van der Waals surface area contributed by atoms with Crippen LogP contribution < -0.4 is 5.32 Å². The molecule has 2 aromatic heterocycles. The van der Waals surface area contributed by atoms with Crippen LogP contribution in [0.1, 0.15) is 30.1 Å². The van der Waals surface area contributed by atoms with Gasteiger partial charge in [-0.3, -0.25) is 4.79 Å². The number of carbonyl (C=O) groups is 1.